The highest BCUT2D eigenvalue weighted by molar-refractivity contribution is 5.90. The highest BCUT2D eigenvalue weighted by atomic mass is 16.2. The Labute approximate surface area is 123 Å². The van der Waals surface area contributed by atoms with Crippen molar-refractivity contribution in [3.05, 3.63) is 47.8 Å². The van der Waals surface area contributed by atoms with E-state index >= 15 is 0 Å². The zero-order valence-corrected chi connectivity index (χ0v) is 11.6. The van der Waals surface area contributed by atoms with E-state index in [1.54, 1.807) is 18.5 Å². The molecule has 108 valence electrons. The lowest BCUT2D eigenvalue weighted by Crippen LogP contribution is -2.37. The number of nitrogens with zero attached hydrogens (tertiary/aromatic N) is 3. The minimum Gasteiger partial charge on any atom is -0.398 e. The van der Waals surface area contributed by atoms with Gasteiger partial charge in [-0.2, -0.15) is 0 Å². The summed E-state index contributed by atoms with van der Waals surface area (Å²) in [6.45, 7) is 1.89. The molecule has 1 amide bonds. The molecule has 0 saturated carbocycles. The zero-order valence-electron chi connectivity index (χ0n) is 11.6. The molecule has 3 N–H and O–H groups in total. The van der Waals surface area contributed by atoms with Gasteiger partial charge in [0.25, 0.3) is 0 Å². The van der Waals surface area contributed by atoms with Gasteiger partial charge in [-0.05, 0) is 29.7 Å². The number of hydrogen-bond donors (Lipinski definition) is 2. The first-order chi connectivity index (χ1) is 10.2. The second-order valence-corrected chi connectivity index (χ2v) is 5.07. The number of nitrogens with one attached hydrogen (secondary N) is 1. The van der Waals surface area contributed by atoms with Crippen LogP contribution in [0.2, 0.25) is 0 Å². The molecule has 2 aromatic rings. The van der Waals surface area contributed by atoms with Crippen LogP contribution >= 0.6 is 0 Å². The smallest absolute Gasteiger partial charge is 0.240 e. The van der Waals surface area contributed by atoms with Crippen LogP contribution in [0.25, 0.3) is 0 Å². The van der Waals surface area contributed by atoms with Gasteiger partial charge in [0, 0.05) is 31.2 Å². The molecule has 0 bridgehead atoms. The lowest BCUT2D eigenvalue weighted by atomic mass is 9.98. The number of fused-ring (bicyclic) bond motifs is 1. The maximum absolute atomic E-state index is 12.0. The Bertz CT molecular complexity index is 644. The van der Waals surface area contributed by atoms with Crippen LogP contribution in [0, 0.1) is 0 Å². The van der Waals surface area contributed by atoms with Crippen molar-refractivity contribution in [3.8, 4) is 0 Å². The van der Waals surface area contributed by atoms with Gasteiger partial charge >= 0.3 is 0 Å². The Kier molecular flexibility index (Phi) is 3.79. The Morgan fingerprint density at radius 1 is 1.29 bits per heavy atom. The number of carbonyl (C=O) groups is 1. The fraction of sp³-hybridized carbons (Fsp3) is 0.267. The molecule has 2 heterocycles. The molecule has 1 aliphatic rings. The first-order valence-corrected chi connectivity index (χ1v) is 6.88. The van der Waals surface area contributed by atoms with Crippen LogP contribution < -0.4 is 11.1 Å². The van der Waals surface area contributed by atoms with Gasteiger partial charge in [0.15, 0.2) is 0 Å². The SMILES string of the molecule is Nc1cccc2c1CCN(CC(=O)Nc1ncccn1)C2. The number of aromatic nitrogens is 2. The van der Waals surface area contributed by atoms with Crippen LogP contribution in [0.3, 0.4) is 0 Å². The number of nitrogen functional groups attached to an aromatic ring is 1. The van der Waals surface area contributed by atoms with Gasteiger partial charge in [0.2, 0.25) is 11.9 Å². The lowest BCUT2D eigenvalue weighted by Gasteiger charge is -2.28. The van der Waals surface area contributed by atoms with Crippen molar-refractivity contribution in [2.75, 3.05) is 24.1 Å². The summed E-state index contributed by atoms with van der Waals surface area (Å²) in [5, 5.41) is 2.70. The zero-order chi connectivity index (χ0) is 14.7. The second-order valence-electron chi connectivity index (χ2n) is 5.07. The molecule has 1 aromatic carbocycles. The van der Waals surface area contributed by atoms with Crippen LogP contribution in [-0.4, -0.2) is 33.9 Å². The van der Waals surface area contributed by atoms with E-state index in [1.165, 1.54) is 11.1 Å². The molecule has 6 heteroatoms. The molecule has 0 radical (unpaired) electrons. The van der Waals surface area contributed by atoms with E-state index in [0.717, 1.165) is 25.2 Å². The van der Waals surface area contributed by atoms with Gasteiger partial charge in [0.1, 0.15) is 0 Å². The molecule has 0 spiro atoms. The van der Waals surface area contributed by atoms with Crippen molar-refractivity contribution >= 4 is 17.5 Å². The summed E-state index contributed by atoms with van der Waals surface area (Å²) in [6, 6.07) is 7.65. The third-order valence-electron chi connectivity index (χ3n) is 3.57. The molecular weight excluding hydrogens is 266 g/mol. The van der Waals surface area contributed by atoms with E-state index in [0.29, 0.717) is 12.5 Å². The molecular formula is C15H17N5O. The van der Waals surface area contributed by atoms with Crippen LogP contribution in [0.4, 0.5) is 11.6 Å². The number of nitrogens with two attached hydrogens (primary N) is 1. The molecule has 1 aromatic heterocycles. The average Bonchev–Trinajstić information content (AvgIpc) is 2.48. The lowest BCUT2D eigenvalue weighted by molar-refractivity contribution is -0.117. The maximum Gasteiger partial charge on any atom is 0.240 e. The molecule has 0 atom stereocenters. The van der Waals surface area contributed by atoms with Crippen molar-refractivity contribution in [1.29, 1.82) is 0 Å². The normalized spacial score (nSPS) is 14.5. The van der Waals surface area contributed by atoms with Gasteiger partial charge in [-0.25, -0.2) is 9.97 Å². The van der Waals surface area contributed by atoms with Crippen LogP contribution in [0.1, 0.15) is 11.1 Å². The van der Waals surface area contributed by atoms with Gasteiger partial charge in [-0.3, -0.25) is 15.0 Å². The van der Waals surface area contributed by atoms with E-state index in [2.05, 4.69) is 26.3 Å². The molecule has 0 saturated heterocycles. The third-order valence-corrected chi connectivity index (χ3v) is 3.57. The molecule has 0 fully saturated rings. The number of hydrogen-bond acceptors (Lipinski definition) is 5. The Hall–Kier alpha value is -2.47. The molecule has 3 rings (SSSR count). The maximum atomic E-state index is 12.0. The molecule has 0 aliphatic carbocycles. The summed E-state index contributed by atoms with van der Waals surface area (Å²) >= 11 is 0. The van der Waals surface area contributed by atoms with Crippen molar-refractivity contribution in [2.24, 2.45) is 0 Å². The Morgan fingerprint density at radius 2 is 2.10 bits per heavy atom. The number of carbonyl (C=O) groups excluding carboxylic acids is 1. The van der Waals surface area contributed by atoms with Gasteiger partial charge in [-0.1, -0.05) is 12.1 Å². The van der Waals surface area contributed by atoms with Crippen LogP contribution in [0.15, 0.2) is 36.7 Å². The fourth-order valence-electron chi connectivity index (χ4n) is 2.56. The molecule has 1 aliphatic heterocycles. The first kappa shape index (κ1) is 13.5. The van der Waals surface area contributed by atoms with E-state index in [9.17, 15) is 4.79 Å². The minimum absolute atomic E-state index is 0.103. The largest absolute Gasteiger partial charge is 0.398 e. The molecule has 0 unspecified atom stereocenters. The van der Waals surface area contributed by atoms with E-state index in [1.807, 2.05) is 12.1 Å². The quantitative estimate of drug-likeness (QED) is 0.823. The van der Waals surface area contributed by atoms with Gasteiger partial charge in [-0.15, -0.1) is 0 Å². The number of amides is 1. The summed E-state index contributed by atoms with van der Waals surface area (Å²) in [6.07, 6.45) is 4.07. The average molecular weight is 283 g/mol. The highest BCUT2D eigenvalue weighted by Crippen LogP contribution is 2.23. The summed E-state index contributed by atoms with van der Waals surface area (Å²) in [4.78, 5) is 22.1. The van der Waals surface area contributed by atoms with E-state index < -0.39 is 0 Å². The minimum atomic E-state index is -0.103. The molecule has 6 nitrogen and oxygen atoms in total. The Balaban J connectivity index is 1.61. The predicted molar refractivity (Wildman–Crippen MR) is 80.5 cm³/mol. The fourth-order valence-corrected chi connectivity index (χ4v) is 2.56. The summed E-state index contributed by atoms with van der Waals surface area (Å²) in [5.74, 6) is 0.234. The Morgan fingerprint density at radius 3 is 2.90 bits per heavy atom. The van der Waals surface area contributed by atoms with Crippen molar-refractivity contribution in [2.45, 2.75) is 13.0 Å². The highest BCUT2D eigenvalue weighted by Gasteiger charge is 2.19. The van der Waals surface area contributed by atoms with Crippen LogP contribution in [0.5, 0.6) is 0 Å². The standard InChI is InChI=1S/C15H17N5O/c16-13-4-1-3-11-9-20(8-5-12(11)13)10-14(21)19-15-17-6-2-7-18-15/h1-4,6-7H,5,8-10,16H2,(H,17,18,19,21). The van der Waals surface area contributed by atoms with E-state index in [-0.39, 0.29) is 5.91 Å². The van der Waals surface area contributed by atoms with Gasteiger partial charge in [0.05, 0.1) is 6.54 Å². The monoisotopic (exact) mass is 283 g/mol. The summed E-state index contributed by atoms with van der Waals surface area (Å²) in [5.41, 5.74) is 9.23. The van der Waals surface area contributed by atoms with Crippen LogP contribution in [-0.2, 0) is 17.8 Å². The van der Waals surface area contributed by atoms with Crippen molar-refractivity contribution in [1.82, 2.24) is 14.9 Å². The molecule has 21 heavy (non-hydrogen) atoms. The second kappa shape index (κ2) is 5.88. The predicted octanol–water partition coefficient (Wildman–Crippen LogP) is 1.06. The number of benzene rings is 1. The first-order valence-electron chi connectivity index (χ1n) is 6.88. The number of rotatable bonds is 3. The summed E-state index contributed by atoms with van der Waals surface area (Å²) in [7, 11) is 0. The van der Waals surface area contributed by atoms with E-state index in [4.69, 9.17) is 5.73 Å². The topological polar surface area (TPSA) is 84.1 Å². The number of anilines is 2. The summed E-state index contributed by atoms with van der Waals surface area (Å²) < 4.78 is 0. The van der Waals surface area contributed by atoms with Gasteiger partial charge < -0.3 is 5.73 Å². The van der Waals surface area contributed by atoms with Crippen molar-refractivity contribution in [3.63, 3.8) is 0 Å². The third kappa shape index (κ3) is 3.17. The van der Waals surface area contributed by atoms with Crippen molar-refractivity contribution < 1.29 is 4.79 Å².